The topological polar surface area (TPSA) is 40.7 Å². The van der Waals surface area contributed by atoms with Crippen LogP contribution in [-0.4, -0.2) is 16.7 Å². The fourth-order valence-corrected chi connectivity index (χ4v) is 2.28. The molecule has 1 aromatic rings. The van der Waals surface area contributed by atoms with Gasteiger partial charge in [0.15, 0.2) is 5.82 Å². The molecule has 2 rings (SSSR count). The van der Waals surface area contributed by atoms with Crippen LogP contribution in [0.2, 0.25) is 0 Å². The van der Waals surface area contributed by atoms with Gasteiger partial charge in [0.25, 0.3) is 0 Å². The Labute approximate surface area is 98.0 Å². The summed E-state index contributed by atoms with van der Waals surface area (Å²) in [6.45, 7) is 5.46. The summed E-state index contributed by atoms with van der Waals surface area (Å²) in [5, 5.41) is 11.1. The van der Waals surface area contributed by atoms with E-state index in [1.54, 1.807) is 0 Å². The fraction of sp³-hybridized carbons (Fsp3) is 0.769. The van der Waals surface area contributed by atoms with Crippen LogP contribution in [0.1, 0.15) is 50.8 Å². The Hall–Kier alpha value is -0.990. The molecule has 0 bridgehead atoms. The van der Waals surface area contributed by atoms with Gasteiger partial charge >= 0.3 is 0 Å². The zero-order valence-electron chi connectivity index (χ0n) is 10.5. The van der Waals surface area contributed by atoms with Gasteiger partial charge in [-0.05, 0) is 31.6 Å². The van der Waals surface area contributed by atoms with Crippen molar-refractivity contribution < 1.29 is 0 Å². The summed E-state index contributed by atoms with van der Waals surface area (Å²) in [5.41, 5.74) is 2.81. The van der Waals surface area contributed by atoms with E-state index >= 15 is 0 Å². The van der Waals surface area contributed by atoms with Gasteiger partial charge in [-0.25, -0.2) is 0 Å². The molecule has 0 saturated heterocycles. The fourth-order valence-electron chi connectivity index (χ4n) is 2.28. The predicted molar refractivity (Wildman–Crippen MR) is 67.8 cm³/mol. The summed E-state index contributed by atoms with van der Waals surface area (Å²) < 4.78 is 0. The number of fused-ring (bicyclic) bond motifs is 1. The van der Waals surface area contributed by atoms with E-state index < -0.39 is 0 Å². The number of H-pyrrole nitrogens is 1. The van der Waals surface area contributed by atoms with Crippen molar-refractivity contribution in [3.63, 3.8) is 0 Å². The van der Waals surface area contributed by atoms with Gasteiger partial charge in [0.05, 0.1) is 0 Å². The molecule has 0 fully saturated rings. The Bertz CT molecular complexity index is 328. The third-order valence-corrected chi connectivity index (χ3v) is 3.23. The average Bonchev–Trinajstić information content (AvgIpc) is 2.56. The lowest BCUT2D eigenvalue weighted by Gasteiger charge is -2.11. The maximum absolute atomic E-state index is 4.42. The van der Waals surface area contributed by atoms with Crippen molar-refractivity contribution in [2.45, 2.75) is 52.4 Å². The van der Waals surface area contributed by atoms with Gasteiger partial charge in [0.1, 0.15) is 0 Å². The van der Waals surface area contributed by atoms with Crippen molar-refractivity contribution in [2.24, 2.45) is 5.92 Å². The van der Waals surface area contributed by atoms with Crippen LogP contribution in [0.5, 0.6) is 0 Å². The lowest BCUT2D eigenvalue weighted by atomic mass is 9.98. The molecule has 0 spiro atoms. The molecule has 1 aliphatic rings. The summed E-state index contributed by atoms with van der Waals surface area (Å²) >= 11 is 0. The Morgan fingerprint density at radius 1 is 1.19 bits per heavy atom. The van der Waals surface area contributed by atoms with Gasteiger partial charge in [-0.2, -0.15) is 5.10 Å². The number of nitrogens with zero attached hydrogens (tertiary/aromatic N) is 1. The molecule has 0 aromatic carbocycles. The van der Waals surface area contributed by atoms with Gasteiger partial charge < -0.3 is 5.32 Å². The number of rotatable bonds is 3. The van der Waals surface area contributed by atoms with E-state index in [-0.39, 0.29) is 0 Å². The largest absolute Gasteiger partial charge is 0.368 e. The highest BCUT2D eigenvalue weighted by molar-refractivity contribution is 5.47. The highest BCUT2D eigenvalue weighted by Gasteiger charge is 2.14. The van der Waals surface area contributed by atoms with Crippen LogP contribution >= 0.6 is 0 Å². The minimum absolute atomic E-state index is 0.668. The molecular weight excluding hydrogens is 198 g/mol. The Morgan fingerprint density at radius 2 is 1.94 bits per heavy atom. The van der Waals surface area contributed by atoms with Crippen LogP contribution in [0.25, 0.3) is 0 Å². The van der Waals surface area contributed by atoms with Crippen LogP contribution < -0.4 is 5.32 Å². The molecule has 0 saturated carbocycles. The molecule has 0 aliphatic heterocycles. The van der Waals surface area contributed by atoms with Crippen molar-refractivity contribution in [2.75, 3.05) is 11.9 Å². The monoisotopic (exact) mass is 221 g/mol. The molecule has 0 radical (unpaired) electrons. The molecule has 3 nitrogen and oxygen atoms in total. The van der Waals surface area contributed by atoms with Crippen LogP contribution in [0, 0.1) is 5.92 Å². The van der Waals surface area contributed by atoms with E-state index in [0.717, 1.165) is 12.4 Å². The minimum Gasteiger partial charge on any atom is -0.368 e. The second-order valence-corrected chi connectivity index (χ2v) is 5.22. The molecule has 0 atom stereocenters. The molecule has 16 heavy (non-hydrogen) atoms. The standard InChI is InChI=1S/C13H23N3/c1-10(2)9-14-13-11-7-5-3-4-6-8-12(11)15-16-13/h10H,3-9H2,1-2H3,(H2,14,15,16). The zero-order chi connectivity index (χ0) is 11.4. The number of hydrogen-bond donors (Lipinski definition) is 2. The van der Waals surface area contributed by atoms with Crippen LogP contribution in [0.15, 0.2) is 0 Å². The molecule has 0 amide bonds. The highest BCUT2D eigenvalue weighted by atomic mass is 15.2. The van der Waals surface area contributed by atoms with Crippen LogP contribution in [0.4, 0.5) is 5.82 Å². The number of aromatic amines is 1. The summed E-state index contributed by atoms with van der Waals surface area (Å²) in [4.78, 5) is 0. The van der Waals surface area contributed by atoms with E-state index in [1.807, 2.05) is 0 Å². The minimum atomic E-state index is 0.668. The number of aryl methyl sites for hydroxylation is 1. The van der Waals surface area contributed by atoms with E-state index in [0.29, 0.717) is 5.92 Å². The summed E-state index contributed by atoms with van der Waals surface area (Å²) in [7, 11) is 0. The second kappa shape index (κ2) is 5.37. The van der Waals surface area contributed by atoms with Crippen molar-refractivity contribution in [1.82, 2.24) is 10.2 Å². The van der Waals surface area contributed by atoms with Crippen molar-refractivity contribution >= 4 is 5.82 Å². The molecule has 2 N–H and O–H groups in total. The van der Waals surface area contributed by atoms with Gasteiger partial charge in [-0.1, -0.05) is 26.7 Å². The summed E-state index contributed by atoms with van der Waals surface area (Å²) in [6.07, 6.45) is 7.71. The molecule has 0 unspecified atom stereocenters. The molecule has 1 heterocycles. The lowest BCUT2D eigenvalue weighted by Crippen LogP contribution is -2.10. The van der Waals surface area contributed by atoms with Gasteiger partial charge in [-0.15, -0.1) is 0 Å². The average molecular weight is 221 g/mol. The van der Waals surface area contributed by atoms with Gasteiger partial charge in [0, 0.05) is 17.8 Å². The SMILES string of the molecule is CC(C)CNc1n[nH]c2c1CCCCCC2. The smallest absolute Gasteiger partial charge is 0.151 e. The number of anilines is 1. The summed E-state index contributed by atoms with van der Waals surface area (Å²) in [6, 6.07) is 0. The normalized spacial score (nSPS) is 16.7. The van der Waals surface area contributed by atoms with Gasteiger partial charge in [-0.3, -0.25) is 5.10 Å². The van der Waals surface area contributed by atoms with Gasteiger partial charge in [0.2, 0.25) is 0 Å². The molecule has 90 valence electrons. The van der Waals surface area contributed by atoms with Crippen molar-refractivity contribution in [3.8, 4) is 0 Å². The first-order chi connectivity index (χ1) is 7.77. The third kappa shape index (κ3) is 2.77. The lowest BCUT2D eigenvalue weighted by molar-refractivity contribution is 0.612. The number of nitrogens with one attached hydrogen (secondary N) is 2. The Kier molecular flexibility index (Phi) is 3.86. The second-order valence-electron chi connectivity index (χ2n) is 5.22. The van der Waals surface area contributed by atoms with Crippen LogP contribution in [-0.2, 0) is 12.8 Å². The van der Waals surface area contributed by atoms with E-state index in [1.165, 1.54) is 49.8 Å². The molecule has 3 heteroatoms. The maximum atomic E-state index is 4.42. The Balaban J connectivity index is 2.07. The third-order valence-electron chi connectivity index (χ3n) is 3.23. The Morgan fingerprint density at radius 3 is 2.69 bits per heavy atom. The zero-order valence-corrected chi connectivity index (χ0v) is 10.5. The first-order valence-corrected chi connectivity index (χ1v) is 6.57. The van der Waals surface area contributed by atoms with Crippen molar-refractivity contribution in [1.29, 1.82) is 0 Å². The first kappa shape index (κ1) is 11.5. The van der Waals surface area contributed by atoms with Crippen molar-refractivity contribution in [3.05, 3.63) is 11.3 Å². The number of hydrogen-bond acceptors (Lipinski definition) is 2. The highest BCUT2D eigenvalue weighted by Crippen LogP contribution is 2.24. The number of aromatic nitrogens is 2. The first-order valence-electron chi connectivity index (χ1n) is 6.57. The molecule has 1 aromatic heterocycles. The quantitative estimate of drug-likeness (QED) is 0.823. The molecular formula is C13H23N3. The maximum Gasteiger partial charge on any atom is 0.151 e. The predicted octanol–water partition coefficient (Wildman–Crippen LogP) is 3.14. The molecule has 1 aliphatic carbocycles. The van der Waals surface area contributed by atoms with E-state index in [4.69, 9.17) is 0 Å². The van der Waals surface area contributed by atoms with E-state index in [9.17, 15) is 0 Å². The van der Waals surface area contributed by atoms with Crippen LogP contribution in [0.3, 0.4) is 0 Å². The van der Waals surface area contributed by atoms with E-state index in [2.05, 4.69) is 29.4 Å². The summed E-state index contributed by atoms with van der Waals surface area (Å²) in [5.74, 6) is 1.77.